The molecule has 1 amide bonds. The number of rotatable bonds is 6. The van der Waals surface area contributed by atoms with Gasteiger partial charge in [0.15, 0.2) is 0 Å². The predicted octanol–water partition coefficient (Wildman–Crippen LogP) is 2.48. The van der Waals surface area contributed by atoms with Gasteiger partial charge in [0, 0.05) is 30.8 Å². The number of hydrogen-bond acceptors (Lipinski definition) is 5. The molecule has 124 valence electrons. The van der Waals surface area contributed by atoms with Gasteiger partial charge in [-0.1, -0.05) is 0 Å². The van der Waals surface area contributed by atoms with Gasteiger partial charge in [-0.25, -0.2) is 4.98 Å². The lowest BCUT2D eigenvalue weighted by atomic mass is 10.2. The average Bonchev–Trinajstić information content (AvgIpc) is 3.19. The lowest BCUT2D eigenvalue weighted by Gasteiger charge is -2.04. The second kappa shape index (κ2) is 7.10. The lowest BCUT2D eigenvalue weighted by Crippen LogP contribution is -2.16. The van der Waals surface area contributed by atoms with Crippen LogP contribution in [0.5, 0.6) is 0 Å². The van der Waals surface area contributed by atoms with Crippen molar-refractivity contribution in [2.45, 2.75) is 13.5 Å². The average molecular weight is 326 g/mol. The van der Waals surface area contributed by atoms with Crippen molar-refractivity contribution in [3.63, 3.8) is 0 Å². The van der Waals surface area contributed by atoms with Crippen LogP contribution in [0.2, 0.25) is 0 Å². The zero-order valence-corrected chi connectivity index (χ0v) is 13.5. The standard InChI is InChI=1S/C17H18N4O3/c1-12-15(10-21-9-3-8-18-21)20-17(24-12)13-4-6-14(7-5-13)19-16(22)11-23-2/h3-9H,10-11H2,1-2H3,(H,19,22). The molecule has 2 aromatic heterocycles. The highest BCUT2D eigenvalue weighted by Gasteiger charge is 2.12. The molecule has 0 aliphatic heterocycles. The molecular weight excluding hydrogens is 308 g/mol. The van der Waals surface area contributed by atoms with Gasteiger partial charge in [-0.15, -0.1) is 0 Å². The van der Waals surface area contributed by atoms with Crippen LogP contribution in [0, 0.1) is 6.92 Å². The summed E-state index contributed by atoms with van der Waals surface area (Å²) in [6, 6.07) is 9.18. The van der Waals surface area contributed by atoms with Crippen molar-refractivity contribution in [1.29, 1.82) is 0 Å². The summed E-state index contributed by atoms with van der Waals surface area (Å²) in [5.74, 6) is 1.11. The van der Waals surface area contributed by atoms with Gasteiger partial charge in [-0.05, 0) is 37.3 Å². The van der Waals surface area contributed by atoms with E-state index in [1.54, 1.807) is 23.0 Å². The molecule has 0 unspecified atom stereocenters. The Kier molecular flexibility index (Phi) is 4.72. The first-order valence-electron chi connectivity index (χ1n) is 7.48. The molecule has 0 aliphatic carbocycles. The van der Waals surface area contributed by atoms with Gasteiger partial charge >= 0.3 is 0 Å². The second-order valence-corrected chi connectivity index (χ2v) is 5.28. The molecule has 0 saturated carbocycles. The number of carbonyl (C=O) groups excluding carboxylic acids is 1. The van der Waals surface area contributed by atoms with Crippen LogP contribution in [0.4, 0.5) is 5.69 Å². The molecule has 0 radical (unpaired) electrons. The Morgan fingerprint density at radius 1 is 1.33 bits per heavy atom. The van der Waals surface area contributed by atoms with E-state index in [9.17, 15) is 4.79 Å². The smallest absolute Gasteiger partial charge is 0.250 e. The van der Waals surface area contributed by atoms with Crippen LogP contribution in [0.15, 0.2) is 47.1 Å². The molecular formula is C17H18N4O3. The maximum Gasteiger partial charge on any atom is 0.250 e. The molecule has 0 fully saturated rings. The summed E-state index contributed by atoms with van der Waals surface area (Å²) in [4.78, 5) is 16.0. The minimum Gasteiger partial charge on any atom is -0.441 e. The molecule has 2 heterocycles. The van der Waals surface area contributed by atoms with E-state index in [2.05, 4.69) is 15.4 Å². The van der Waals surface area contributed by atoms with Crippen molar-refractivity contribution in [2.24, 2.45) is 0 Å². The molecule has 24 heavy (non-hydrogen) atoms. The van der Waals surface area contributed by atoms with E-state index in [0.29, 0.717) is 18.1 Å². The van der Waals surface area contributed by atoms with E-state index in [4.69, 9.17) is 9.15 Å². The zero-order chi connectivity index (χ0) is 16.9. The highest BCUT2D eigenvalue weighted by atomic mass is 16.5. The number of methoxy groups -OCH3 is 1. The zero-order valence-electron chi connectivity index (χ0n) is 13.5. The molecule has 0 spiro atoms. The van der Waals surface area contributed by atoms with Crippen LogP contribution in [0.25, 0.3) is 11.5 Å². The number of aromatic nitrogens is 3. The second-order valence-electron chi connectivity index (χ2n) is 5.28. The van der Waals surface area contributed by atoms with Gasteiger partial charge in [0.1, 0.15) is 18.1 Å². The quantitative estimate of drug-likeness (QED) is 0.752. The van der Waals surface area contributed by atoms with E-state index in [1.807, 2.05) is 31.3 Å². The maximum absolute atomic E-state index is 11.5. The monoisotopic (exact) mass is 326 g/mol. The maximum atomic E-state index is 11.5. The van der Waals surface area contributed by atoms with E-state index >= 15 is 0 Å². The Hall–Kier alpha value is -2.93. The third-order valence-corrected chi connectivity index (χ3v) is 3.45. The Labute approximate surface area is 139 Å². The largest absolute Gasteiger partial charge is 0.441 e. The molecule has 7 nitrogen and oxygen atoms in total. The van der Waals surface area contributed by atoms with Crippen molar-refractivity contribution in [1.82, 2.24) is 14.8 Å². The summed E-state index contributed by atoms with van der Waals surface area (Å²) in [6.45, 7) is 2.47. The van der Waals surface area contributed by atoms with Crippen LogP contribution in [0.1, 0.15) is 11.5 Å². The minimum absolute atomic E-state index is 0.0253. The number of carbonyl (C=O) groups is 1. The fraction of sp³-hybridized carbons (Fsp3) is 0.235. The summed E-state index contributed by atoms with van der Waals surface area (Å²) in [5, 5.41) is 6.91. The van der Waals surface area contributed by atoms with Crippen LogP contribution in [-0.2, 0) is 16.1 Å². The number of anilines is 1. The molecule has 3 rings (SSSR count). The van der Waals surface area contributed by atoms with Gasteiger partial charge < -0.3 is 14.5 Å². The fourth-order valence-electron chi connectivity index (χ4n) is 2.27. The van der Waals surface area contributed by atoms with Gasteiger partial charge in [0.2, 0.25) is 11.8 Å². The number of oxazole rings is 1. The first-order chi connectivity index (χ1) is 11.7. The third-order valence-electron chi connectivity index (χ3n) is 3.45. The number of nitrogens with zero attached hydrogens (tertiary/aromatic N) is 3. The summed E-state index contributed by atoms with van der Waals surface area (Å²) in [6.07, 6.45) is 3.61. The molecule has 1 aromatic carbocycles. The number of hydrogen-bond donors (Lipinski definition) is 1. The first kappa shape index (κ1) is 15.9. The van der Waals surface area contributed by atoms with Crippen molar-refractivity contribution in [3.8, 4) is 11.5 Å². The molecule has 7 heteroatoms. The molecule has 1 N–H and O–H groups in total. The van der Waals surface area contributed by atoms with Gasteiger partial charge in [0.25, 0.3) is 0 Å². The number of aryl methyl sites for hydroxylation is 1. The summed E-state index contributed by atoms with van der Waals surface area (Å²) < 4.78 is 12.3. The van der Waals surface area contributed by atoms with E-state index in [1.165, 1.54) is 7.11 Å². The Morgan fingerprint density at radius 2 is 2.12 bits per heavy atom. The summed E-state index contributed by atoms with van der Waals surface area (Å²) in [5.41, 5.74) is 2.38. The number of nitrogens with one attached hydrogen (secondary N) is 1. The highest BCUT2D eigenvalue weighted by Crippen LogP contribution is 2.23. The van der Waals surface area contributed by atoms with Crippen LogP contribution < -0.4 is 5.32 Å². The Balaban J connectivity index is 1.73. The van der Waals surface area contributed by atoms with Gasteiger partial charge in [0.05, 0.1) is 6.54 Å². The van der Waals surface area contributed by atoms with Crippen molar-refractivity contribution in [3.05, 3.63) is 54.2 Å². The molecule has 0 saturated heterocycles. The first-order valence-corrected chi connectivity index (χ1v) is 7.48. The van der Waals surface area contributed by atoms with Crippen LogP contribution in [0.3, 0.4) is 0 Å². The predicted molar refractivity (Wildman–Crippen MR) is 88.5 cm³/mol. The number of ether oxygens (including phenoxy) is 1. The summed E-state index contributed by atoms with van der Waals surface area (Å²) in [7, 11) is 1.48. The van der Waals surface area contributed by atoms with E-state index in [-0.39, 0.29) is 12.5 Å². The minimum atomic E-state index is -0.196. The fourth-order valence-corrected chi connectivity index (χ4v) is 2.27. The van der Waals surface area contributed by atoms with Crippen LogP contribution in [-0.4, -0.2) is 34.4 Å². The van der Waals surface area contributed by atoms with Crippen LogP contribution >= 0.6 is 0 Å². The van der Waals surface area contributed by atoms with Crippen molar-refractivity contribution in [2.75, 3.05) is 19.0 Å². The Bertz CT molecular complexity index is 807. The molecule has 0 atom stereocenters. The SMILES string of the molecule is COCC(=O)Nc1ccc(-c2nc(Cn3cccn3)c(C)o2)cc1. The number of benzene rings is 1. The third kappa shape index (κ3) is 3.69. The molecule has 3 aromatic rings. The summed E-state index contributed by atoms with van der Waals surface area (Å²) >= 11 is 0. The van der Waals surface area contributed by atoms with E-state index in [0.717, 1.165) is 17.0 Å². The highest BCUT2D eigenvalue weighted by molar-refractivity contribution is 5.91. The molecule has 0 bridgehead atoms. The normalized spacial score (nSPS) is 10.8. The van der Waals surface area contributed by atoms with Gasteiger partial charge in [-0.3, -0.25) is 9.48 Å². The van der Waals surface area contributed by atoms with E-state index < -0.39 is 0 Å². The number of amides is 1. The lowest BCUT2D eigenvalue weighted by molar-refractivity contribution is -0.119. The Morgan fingerprint density at radius 3 is 2.79 bits per heavy atom. The topological polar surface area (TPSA) is 82.2 Å². The van der Waals surface area contributed by atoms with Gasteiger partial charge in [-0.2, -0.15) is 5.10 Å². The van der Waals surface area contributed by atoms with Crippen molar-refractivity contribution >= 4 is 11.6 Å². The molecule has 0 aliphatic rings. The van der Waals surface area contributed by atoms with Crippen molar-refractivity contribution < 1.29 is 13.9 Å².